The molecule has 0 amide bonds. The van der Waals surface area contributed by atoms with E-state index < -0.39 is 51.5 Å². The molecule has 3 rings (SSSR count). The normalized spacial score (nSPS) is 15.8. The highest BCUT2D eigenvalue weighted by molar-refractivity contribution is 7.89. The summed E-state index contributed by atoms with van der Waals surface area (Å²) in [6, 6.07) is 5.41. The third-order valence-corrected chi connectivity index (χ3v) is 6.52. The molecule has 0 radical (unpaired) electrons. The molecule has 7 nitrogen and oxygen atoms in total. The lowest BCUT2D eigenvalue weighted by Gasteiger charge is -2.29. The third kappa shape index (κ3) is 4.83. The summed E-state index contributed by atoms with van der Waals surface area (Å²) in [4.78, 5) is 28.0. The standard InChI is InChI=1S/C19H18F2N2O5S/c20-14-3-4-17(21)16(10-14)18(24)12-28-19(25)13-5-8-23(9-6-13)29(26,27)15-2-1-7-22-11-15/h1-4,7,10-11,13H,5-6,8-9,12H2. The van der Waals surface area contributed by atoms with Gasteiger partial charge in [0.15, 0.2) is 6.61 Å². The molecule has 1 aromatic carbocycles. The van der Waals surface area contributed by atoms with Gasteiger partial charge in [-0.3, -0.25) is 14.6 Å². The van der Waals surface area contributed by atoms with Crippen LogP contribution in [0.3, 0.4) is 0 Å². The number of benzene rings is 1. The van der Waals surface area contributed by atoms with E-state index in [0.29, 0.717) is 0 Å². The Hall–Kier alpha value is -2.72. The van der Waals surface area contributed by atoms with Gasteiger partial charge in [-0.25, -0.2) is 17.2 Å². The molecule has 0 bridgehead atoms. The minimum atomic E-state index is -3.69. The van der Waals surface area contributed by atoms with Crippen LogP contribution in [0.25, 0.3) is 0 Å². The number of Topliss-reactive ketones (excluding diaryl/α,β-unsaturated/α-hetero) is 1. The second-order valence-corrected chi connectivity index (χ2v) is 8.46. The summed E-state index contributed by atoms with van der Waals surface area (Å²) in [5.74, 6) is -3.79. The summed E-state index contributed by atoms with van der Waals surface area (Å²) < 4.78 is 58.1. The van der Waals surface area contributed by atoms with E-state index in [2.05, 4.69) is 4.98 Å². The van der Waals surface area contributed by atoms with Gasteiger partial charge in [0.1, 0.15) is 16.5 Å². The maximum Gasteiger partial charge on any atom is 0.309 e. The molecule has 0 atom stereocenters. The van der Waals surface area contributed by atoms with Gasteiger partial charge < -0.3 is 4.74 Å². The first kappa shape index (κ1) is 21.0. The Balaban J connectivity index is 1.54. The highest BCUT2D eigenvalue weighted by Crippen LogP contribution is 2.24. The van der Waals surface area contributed by atoms with E-state index in [9.17, 15) is 26.8 Å². The Morgan fingerprint density at radius 2 is 1.90 bits per heavy atom. The van der Waals surface area contributed by atoms with Crippen LogP contribution in [-0.2, 0) is 19.6 Å². The largest absolute Gasteiger partial charge is 0.457 e. The lowest BCUT2D eigenvalue weighted by Crippen LogP contribution is -2.40. The van der Waals surface area contributed by atoms with Crippen LogP contribution in [-0.4, -0.2) is 49.2 Å². The van der Waals surface area contributed by atoms with Crippen LogP contribution in [0, 0.1) is 17.6 Å². The molecule has 1 aliphatic heterocycles. The second kappa shape index (κ2) is 8.75. The maximum atomic E-state index is 13.6. The van der Waals surface area contributed by atoms with Crippen LogP contribution in [0.5, 0.6) is 0 Å². The Labute approximate surface area is 166 Å². The van der Waals surface area contributed by atoms with Crippen molar-refractivity contribution in [3.63, 3.8) is 0 Å². The smallest absolute Gasteiger partial charge is 0.309 e. The fraction of sp³-hybridized carbons (Fsp3) is 0.316. The summed E-state index contributed by atoms with van der Waals surface area (Å²) in [5, 5.41) is 0. The molecule has 0 unspecified atom stereocenters. The topological polar surface area (TPSA) is 93.6 Å². The number of pyridine rings is 1. The van der Waals surface area contributed by atoms with E-state index >= 15 is 0 Å². The predicted molar refractivity (Wildman–Crippen MR) is 97.4 cm³/mol. The van der Waals surface area contributed by atoms with Crippen LogP contribution in [0.4, 0.5) is 8.78 Å². The van der Waals surface area contributed by atoms with Gasteiger partial charge in [-0.15, -0.1) is 0 Å². The van der Waals surface area contributed by atoms with Crippen molar-refractivity contribution in [3.8, 4) is 0 Å². The summed E-state index contributed by atoms with van der Waals surface area (Å²) in [7, 11) is -3.69. The molecule has 0 N–H and O–H groups in total. The fourth-order valence-corrected chi connectivity index (χ4v) is 4.46. The molecule has 2 aromatic rings. The number of aromatic nitrogens is 1. The number of ether oxygens (including phenoxy) is 1. The Morgan fingerprint density at radius 3 is 2.55 bits per heavy atom. The fourth-order valence-electron chi connectivity index (χ4n) is 3.02. The van der Waals surface area contributed by atoms with Crippen molar-refractivity contribution in [2.75, 3.05) is 19.7 Å². The number of sulfonamides is 1. The van der Waals surface area contributed by atoms with E-state index in [1.807, 2.05) is 0 Å². The molecular weight excluding hydrogens is 406 g/mol. The van der Waals surface area contributed by atoms with Crippen molar-refractivity contribution in [2.24, 2.45) is 5.92 Å². The van der Waals surface area contributed by atoms with Gasteiger partial charge in [-0.05, 0) is 43.2 Å². The number of piperidine rings is 1. The SMILES string of the molecule is O=C(COC(=O)C1CCN(S(=O)(=O)c2cccnc2)CC1)c1cc(F)ccc1F. The van der Waals surface area contributed by atoms with Gasteiger partial charge in [0.2, 0.25) is 15.8 Å². The minimum Gasteiger partial charge on any atom is -0.457 e. The molecule has 1 aliphatic rings. The lowest BCUT2D eigenvalue weighted by molar-refractivity contribution is -0.148. The summed E-state index contributed by atoms with van der Waals surface area (Å²) in [6.45, 7) is -0.486. The minimum absolute atomic E-state index is 0.0729. The molecule has 1 fully saturated rings. The average molecular weight is 424 g/mol. The van der Waals surface area contributed by atoms with Gasteiger partial charge in [0.05, 0.1) is 11.5 Å². The molecule has 1 saturated heterocycles. The Kier molecular flexibility index (Phi) is 6.33. The molecule has 0 spiro atoms. The van der Waals surface area contributed by atoms with Crippen molar-refractivity contribution in [3.05, 3.63) is 59.9 Å². The first-order chi connectivity index (χ1) is 13.8. The van der Waals surface area contributed by atoms with Crippen molar-refractivity contribution in [1.29, 1.82) is 0 Å². The van der Waals surface area contributed by atoms with Crippen LogP contribution < -0.4 is 0 Å². The summed E-state index contributed by atoms with van der Waals surface area (Å²) >= 11 is 0. The molecule has 29 heavy (non-hydrogen) atoms. The highest BCUT2D eigenvalue weighted by Gasteiger charge is 2.33. The highest BCUT2D eigenvalue weighted by atomic mass is 32.2. The average Bonchev–Trinajstić information content (AvgIpc) is 2.74. The molecule has 1 aromatic heterocycles. The molecular formula is C19H18F2N2O5S. The zero-order valence-electron chi connectivity index (χ0n) is 15.3. The number of ketones is 1. The zero-order valence-corrected chi connectivity index (χ0v) is 16.1. The number of hydrogen-bond donors (Lipinski definition) is 0. The second-order valence-electron chi connectivity index (χ2n) is 6.52. The van der Waals surface area contributed by atoms with Crippen LogP contribution in [0.1, 0.15) is 23.2 Å². The summed E-state index contributed by atoms with van der Waals surface area (Å²) in [6.07, 6.45) is 3.17. The zero-order chi connectivity index (χ0) is 21.0. The number of halogens is 2. The number of rotatable bonds is 6. The van der Waals surface area contributed by atoms with Crippen LogP contribution in [0.2, 0.25) is 0 Å². The quantitative estimate of drug-likeness (QED) is 0.521. The predicted octanol–water partition coefficient (Wildman–Crippen LogP) is 2.19. The molecule has 154 valence electrons. The van der Waals surface area contributed by atoms with Crippen molar-refractivity contribution in [2.45, 2.75) is 17.7 Å². The Morgan fingerprint density at radius 1 is 1.17 bits per heavy atom. The first-order valence-electron chi connectivity index (χ1n) is 8.84. The summed E-state index contributed by atoms with van der Waals surface area (Å²) in [5.41, 5.74) is -0.491. The van der Waals surface area contributed by atoms with E-state index in [0.717, 1.165) is 18.2 Å². The molecule has 2 heterocycles. The van der Waals surface area contributed by atoms with Crippen molar-refractivity contribution >= 4 is 21.8 Å². The van der Waals surface area contributed by atoms with Gasteiger partial charge in [0, 0.05) is 25.5 Å². The van der Waals surface area contributed by atoms with Gasteiger partial charge in [-0.2, -0.15) is 4.31 Å². The van der Waals surface area contributed by atoms with Gasteiger partial charge in [-0.1, -0.05) is 0 Å². The number of esters is 1. The van der Waals surface area contributed by atoms with Crippen molar-refractivity contribution < 1.29 is 31.5 Å². The van der Waals surface area contributed by atoms with E-state index in [-0.39, 0.29) is 30.8 Å². The first-order valence-corrected chi connectivity index (χ1v) is 10.3. The monoisotopic (exact) mass is 424 g/mol. The molecule has 0 saturated carbocycles. The van der Waals surface area contributed by atoms with Gasteiger partial charge in [0.25, 0.3) is 0 Å². The van der Waals surface area contributed by atoms with E-state index in [1.165, 1.54) is 28.8 Å². The number of hydrogen-bond acceptors (Lipinski definition) is 6. The number of nitrogens with zero attached hydrogens (tertiary/aromatic N) is 2. The van der Waals surface area contributed by atoms with Gasteiger partial charge >= 0.3 is 5.97 Å². The lowest BCUT2D eigenvalue weighted by atomic mass is 9.98. The maximum absolute atomic E-state index is 13.6. The molecule has 0 aliphatic carbocycles. The third-order valence-electron chi connectivity index (χ3n) is 4.63. The van der Waals surface area contributed by atoms with Crippen LogP contribution in [0.15, 0.2) is 47.6 Å². The molecule has 10 heteroatoms. The number of carbonyl (C=O) groups is 2. The Bertz CT molecular complexity index is 1010. The number of carbonyl (C=O) groups excluding carboxylic acids is 2. The van der Waals surface area contributed by atoms with Crippen molar-refractivity contribution in [1.82, 2.24) is 9.29 Å². The van der Waals surface area contributed by atoms with E-state index in [1.54, 1.807) is 0 Å². The van der Waals surface area contributed by atoms with E-state index in [4.69, 9.17) is 4.74 Å². The van der Waals surface area contributed by atoms with Crippen LogP contribution >= 0.6 is 0 Å².